The highest BCUT2D eigenvalue weighted by atomic mass is 16.5. The Morgan fingerprint density at radius 2 is 1.95 bits per heavy atom. The molecule has 1 aliphatic rings. The number of benzene rings is 1. The van der Waals surface area contributed by atoms with E-state index in [1.165, 1.54) is 0 Å². The van der Waals surface area contributed by atoms with Gasteiger partial charge in [-0.15, -0.1) is 0 Å². The maximum absolute atomic E-state index is 12.2. The molecule has 4 nitrogen and oxygen atoms in total. The minimum Gasteiger partial charge on any atom is -0.481 e. The first-order chi connectivity index (χ1) is 9.49. The summed E-state index contributed by atoms with van der Waals surface area (Å²) in [5.41, 5.74) is 7.96. The van der Waals surface area contributed by atoms with E-state index in [9.17, 15) is 4.79 Å². The van der Waals surface area contributed by atoms with Crippen molar-refractivity contribution in [3.63, 3.8) is 0 Å². The van der Waals surface area contributed by atoms with Gasteiger partial charge < -0.3 is 15.4 Å². The number of likely N-dealkylation sites (tertiary alicyclic amines) is 1. The Kier molecular flexibility index (Phi) is 4.65. The van der Waals surface area contributed by atoms with Crippen LogP contribution in [0.4, 0.5) is 0 Å². The molecule has 1 heterocycles. The highest BCUT2D eigenvalue weighted by molar-refractivity contribution is 5.81. The lowest BCUT2D eigenvalue weighted by molar-refractivity contribution is -0.136. The molecule has 1 amide bonds. The molecular weight excluding hydrogens is 252 g/mol. The summed E-state index contributed by atoms with van der Waals surface area (Å²) in [5, 5.41) is 0. The van der Waals surface area contributed by atoms with Gasteiger partial charge in [0, 0.05) is 19.1 Å². The number of hydrogen-bond donors (Lipinski definition) is 1. The van der Waals surface area contributed by atoms with Crippen LogP contribution < -0.4 is 10.5 Å². The summed E-state index contributed by atoms with van der Waals surface area (Å²) in [5.74, 6) is 0.840. The first kappa shape index (κ1) is 14.9. The van der Waals surface area contributed by atoms with Gasteiger partial charge in [0.25, 0.3) is 5.91 Å². The van der Waals surface area contributed by atoms with Crippen LogP contribution in [0.25, 0.3) is 0 Å². The molecule has 2 N–H and O–H groups in total. The lowest BCUT2D eigenvalue weighted by Crippen LogP contribution is -2.38. The summed E-state index contributed by atoms with van der Waals surface area (Å²) in [7, 11) is 0. The van der Waals surface area contributed by atoms with Gasteiger partial charge >= 0.3 is 0 Å². The van der Waals surface area contributed by atoms with Crippen LogP contribution in [-0.2, 0) is 4.79 Å². The smallest absolute Gasteiger partial charge is 0.263 e. The zero-order chi connectivity index (χ0) is 14.7. The normalized spacial score (nSPS) is 17.9. The number of nitrogens with two attached hydrogens (primary N) is 1. The number of ether oxygens (including phenoxy) is 1. The molecule has 2 atom stereocenters. The summed E-state index contributed by atoms with van der Waals surface area (Å²) in [6, 6.07) is 5.89. The van der Waals surface area contributed by atoms with E-state index in [0.717, 1.165) is 42.8 Å². The fourth-order valence-corrected chi connectivity index (χ4v) is 2.52. The van der Waals surface area contributed by atoms with Crippen molar-refractivity contribution >= 4 is 5.91 Å². The van der Waals surface area contributed by atoms with Gasteiger partial charge in [0.1, 0.15) is 5.75 Å². The van der Waals surface area contributed by atoms with E-state index >= 15 is 0 Å². The maximum atomic E-state index is 12.2. The zero-order valence-electron chi connectivity index (χ0n) is 12.6. The Balaban J connectivity index is 2.03. The van der Waals surface area contributed by atoms with Gasteiger partial charge in [0.05, 0.1) is 0 Å². The molecule has 0 aromatic heterocycles. The van der Waals surface area contributed by atoms with Crippen LogP contribution in [0.2, 0.25) is 0 Å². The topological polar surface area (TPSA) is 55.6 Å². The van der Waals surface area contributed by atoms with E-state index in [-0.39, 0.29) is 11.9 Å². The van der Waals surface area contributed by atoms with Crippen LogP contribution in [0.15, 0.2) is 18.2 Å². The molecule has 1 saturated heterocycles. The monoisotopic (exact) mass is 276 g/mol. The SMILES string of the molecule is Cc1cc([C@@H](C)N)ccc1OC(C)C(=O)N1CCCC1. The van der Waals surface area contributed by atoms with Crippen molar-refractivity contribution in [2.45, 2.75) is 45.8 Å². The molecule has 1 fully saturated rings. The predicted molar refractivity (Wildman–Crippen MR) is 79.7 cm³/mol. The van der Waals surface area contributed by atoms with Crippen molar-refractivity contribution in [2.24, 2.45) is 5.73 Å². The fourth-order valence-electron chi connectivity index (χ4n) is 2.52. The number of amides is 1. The van der Waals surface area contributed by atoms with E-state index in [0.29, 0.717) is 0 Å². The van der Waals surface area contributed by atoms with E-state index < -0.39 is 6.10 Å². The second-order valence-corrected chi connectivity index (χ2v) is 5.61. The summed E-state index contributed by atoms with van der Waals surface area (Å²) in [6.07, 6.45) is 1.76. The molecule has 1 unspecified atom stereocenters. The molecule has 0 spiro atoms. The molecule has 0 radical (unpaired) electrons. The molecular formula is C16H24N2O2. The van der Waals surface area contributed by atoms with Gasteiger partial charge in [-0.25, -0.2) is 0 Å². The van der Waals surface area contributed by atoms with Gasteiger partial charge in [0.2, 0.25) is 0 Å². The minimum absolute atomic E-state index is 0.00593. The molecule has 4 heteroatoms. The van der Waals surface area contributed by atoms with Gasteiger partial charge in [-0.3, -0.25) is 4.79 Å². The van der Waals surface area contributed by atoms with Crippen molar-refractivity contribution in [3.8, 4) is 5.75 Å². The highest BCUT2D eigenvalue weighted by Crippen LogP contribution is 2.23. The third-order valence-electron chi connectivity index (χ3n) is 3.79. The summed E-state index contributed by atoms with van der Waals surface area (Å²) < 4.78 is 5.82. The van der Waals surface area contributed by atoms with Gasteiger partial charge in [-0.2, -0.15) is 0 Å². The molecule has 2 rings (SSSR count). The van der Waals surface area contributed by atoms with Crippen LogP contribution >= 0.6 is 0 Å². The Morgan fingerprint density at radius 1 is 1.30 bits per heavy atom. The standard InChI is InChI=1S/C16H24N2O2/c1-11-10-14(12(2)17)6-7-15(11)20-13(3)16(19)18-8-4-5-9-18/h6-7,10,12-13H,4-5,8-9,17H2,1-3H3/t12-,13?/m1/s1. The molecule has 1 aliphatic heterocycles. The molecule has 1 aromatic carbocycles. The van der Waals surface area contributed by atoms with Crippen LogP contribution in [0, 0.1) is 6.92 Å². The molecule has 0 saturated carbocycles. The maximum Gasteiger partial charge on any atom is 0.263 e. The number of nitrogens with zero attached hydrogens (tertiary/aromatic N) is 1. The van der Waals surface area contributed by atoms with E-state index in [1.54, 1.807) is 0 Å². The van der Waals surface area contributed by atoms with Crippen LogP contribution in [0.5, 0.6) is 5.75 Å². The molecule has 1 aromatic rings. The number of aryl methyl sites for hydroxylation is 1. The van der Waals surface area contributed by atoms with Crippen molar-refractivity contribution in [1.82, 2.24) is 4.90 Å². The lowest BCUT2D eigenvalue weighted by Gasteiger charge is -2.22. The number of hydrogen-bond acceptors (Lipinski definition) is 3. The van der Waals surface area contributed by atoms with Crippen molar-refractivity contribution < 1.29 is 9.53 Å². The van der Waals surface area contributed by atoms with E-state index in [2.05, 4.69) is 0 Å². The number of carbonyl (C=O) groups is 1. The van der Waals surface area contributed by atoms with Crippen molar-refractivity contribution in [3.05, 3.63) is 29.3 Å². The fraction of sp³-hybridized carbons (Fsp3) is 0.562. The molecule has 0 aliphatic carbocycles. The highest BCUT2D eigenvalue weighted by Gasteiger charge is 2.24. The Hall–Kier alpha value is -1.55. The van der Waals surface area contributed by atoms with Gasteiger partial charge in [0.15, 0.2) is 6.10 Å². The van der Waals surface area contributed by atoms with Crippen LogP contribution in [0.1, 0.15) is 43.9 Å². The van der Waals surface area contributed by atoms with E-state index in [1.807, 2.05) is 43.9 Å². The molecule has 20 heavy (non-hydrogen) atoms. The number of rotatable bonds is 4. The quantitative estimate of drug-likeness (QED) is 0.918. The third-order valence-corrected chi connectivity index (χ3v) is 3.79. The minimum atomic E-state index is -0.437. The number of carbonyl (C=O) groups excluding carboxylic acids is 1. The summed E-state index contributed by atoms with van der Waals surface area (Å²) >= 11 is 0. The van der Waals surface area contributed by atoms with Gasteiger partial charge in [-0.1, -0.05) is 12.1 Å². The lowest BCUT2D eigenvalue weighted by atomic mass is 10.1. The molecule has 0 bridgehead atoms. The van der Waals surface area contributed by atoms with Crippen molar-refractivity contribution in [1.29, 1.82) is 0 Å². The first-order valence-corrected chi connectivity index (χ1v) is 7.30. The second-order valence-electron chi connectivity index (χ2n) is 5.61. The van der Waals surface area contributed by atoms with Crippen LogP contribution in [-0.4, -0.2) is 30.0 Å². The largest absolute Gasteiger partial charge is 0.481 e. The van der Waals surface area contributed by atoms with Crippen molar-refractivity contribution in [2.75, 3.05) is 13.1 Å². The predicted octanol–water partition coefficient (Wildman–Crippen LogP) is 2.40. The third kappa shape index (κ3) is 3.31. The first-order valence-electron chi connectivity index (χ1n) is 7.30. The Labute approximate surface area is 120 Å². The average Bonchev–Trinajstić information content (AvgIpc) is 2.93. The second kappa shape index (κ2) is 6.27. The van der Waals surface area contributed by atoms with Crippen LogP contribution in [0.3, 0.4) is 0 Å². The molecule has 110 valence electrons. The summed E-state index contributed by atoms with van der Waals surface area (Å²) in [4.78, 5) is 14.1. The average molecular weight is 276 g/mol. The summed E-state index contributed by atoms with van der Waals surface area (Å²) in [6.45, 7) is 7.47. The van der Waals surface area contributed by atoms with Gasteiger partial charge in [-0.05, 0) is 50.8 Å². The Morgan fingerprint density at radius 3 is 2.50 bits per heavy atom. The Bertz CT molecular complexity index is 479. The van der Waals surface area contributed by atoms with E-state index in [4.69, 9.17) is 10.5 Å². The zero-order valence-corrected chi connectivity index (χ0v) is 12.6.